The number of ether oxygens (including phenoxy) is 2. The van der Waals surface area contributed by atoms with Crippen LogP contribution in [0.1, 0.15) is 12.8 Å². The lowest BCUT2D eigenvalue weighted by atomic mass is 9.94. The van der Waals surface area contributed by atoms with E-state index < -0.39 is 5.60 Å². The van der Waals surface area contributed by atoms with Crippen LogP contribution in [0.25, 0.3) is 0 Å². The highest BCUT2D eigenvalue weighted by atomic mass is 16.5. The minimum Gasteiger partial charge on any atom is -0.497 e. The number of nitrogens with one attached hydrogen (secondary N) is 1. The molecule has 1 aromatic rings. The minimum absolute atomic E-state index is 0.348. The van der Waals surface area contributed by atoms with Crippen LogP contribution < -0.4 is 14.8 Å². The summed E-state index contributed by atoms with van der Waals surface area (Å²) in [4.78, 5) is 0. The van der Waals surface area contributed by atoms with Gasteiger partial charge in [0, 0.05) is 0 Å². The van der Waals surface area contributed by atoms with Crippen LogP contribution in [0.4, 0.5) is 0 Å². The Morgan fingerprint density at radius 3 is 2.35 bits per heavy atom. The fraction of sp³-hybridized carbons (Fsp3) is 0.538. The summed E-state index contributed by atoms with van der Waals surface area (Å²) in [6.07, 6.45) is 1.48. The Morgan fingerprint density at radius 1 is 1.18 bits per heavy atom. The zero-order chi connectivity index (χ0) is 12.1. The highest BCUT2D eigenvalue weighted by molar-refractivity contribution is 5.31. The highest BCUT2D eigenvalue weighted by Crippen LogP contribution is 2.22. The summed E-state index contributed by atoms with van der Waals surface area (Å²) in [5, 5.41) is 13.5. The first-order valence-electron chi connectivity index (χ1n) is 5.92. The van der Waals surface area contributed by atoms with Crippen LogP contribution in [0.5, 0.6) is 11.5 Å². The number of aliphatic hydroxyl groups is 1. The second kappa shape index (κ2) is 5.38. The van der Waals surface area contributed by atoms with E-state index in [-0.39, 0.29) is 0 Å². The molecule has 0 atom stereocenters. The molecule has 2 N–H and O–H groups in total. The van der Waals surface area contributed by atoms with Gasteiger partial charge in [0.15, 0.2) is 0 Å². The van der Waals surface area contributed by atoms with Gasteiger partial charge in [-0.15, -0.1) is 0 Å². The van der Waals surface area contributed by atoms with Gasteiger partial charge in [-0.25, -0.2) is 0 Å². The number of benzene rings is 1. The summed E-state index contributed by atoms with van der Waals surface area (Å²) in [6.45, 7) is 2.05. The topological polar surface area (TPSA) is 50.7 Å². The van der Waals surface area contributed by atoms with E-state index in [1.807, 2.05) is 24.3 Å². The van der Waals surface area contributed by atoms with Crippen LogP contribution in [0.3, 0.4) is 0 Å². The Labute approximate surface area is 102 Å². The smallest absolute Gasteiger partial charge is 0.119 e. The Morgan fingerprint density at radius 2 is 1.76 bits per heavy atom. The van der Waals surface area contributed by atoms with E-state index in [4.69, 9.17) is 9.47 Å². The molecule has 0 aromatic heterocycles. The standard InChI is InChI=1S/C13H19NO3/c1-16-11-2-4-12(5-3-11)17-10-13(15)6-8-14-9-7-13/h2-5,14-15H,6-10H2,1H3. The molecule has 0 amide bonds. The maximum atomic E-state index is 10.2. The van der Waals surface area contributed by atoms with E-state index in [1.54, 1.807) is 7.11 Å². The fourth-order valence-electron chi connectivity index (χ4n) is 1.93. The second-order valence-corrected chi connectivity index (χ2v) is 4.44. The largest absolute Gasteiger partial charge is 0.497 e. The van der Waals surface area contributed by atoms with Gasteiger partial charge in [0.1, 0.15) is 23.7 Å². The molecule has 4 heteroatoms. The highest BCUT2D eigenvalue weighted by Gasteiger charge is 2.29. The molecule has 0 radical (unpaired) electrons. The molecule has 4 nitrogen and oxygen atoms in total. The maximum Gasteiger partial charge on any atom is 0.119 e. The zero-order valence-corrected chi connectivity index (χ0v) is 10.1. The van der Waals surface area contributed by atoms with Gasteiger partial charge in [0.05, 0.1) is 7.11 Å². The minimum atomic E-state index is -0.689. The number of hydrogen-bond donors (Lipinski definition) is 2. The third-order valence-electron chi connectivity index (χ3n) is 3.10. The third kappa shape index (κ3) is 3.35. The molecule has 1 saturated heterocycles. The van der Waals surface area contributed by atoms with Crippen LogP contribution in [-0.2, 0) is 0 Å². The Bertz CT molecular complexity index is 344. The zero-order valence-electron chi connectivity index (χ0n) is 10.1. The average Bonchev–Trinajstić information content (AvgIpc) is 2.38. The lowest BCUT2D eigenvalue weighted by Crippen LogP contribution is -2.45. The SMILES string of the molecule is COc1ccc(OCC2(O)CCNCC2)cc1. The molecule has 94 valence electrons. The van der Waals surface area contributed by atoms with Gasteiger partial charge in [-0.1, -0.05) is 0 Å². The number of piperidine rings is 1. The molecule has 1 aliphatic rings. The molecule has 0 bridgehead atoms. The average molecular weight is 237 g/mol. The van der Waals surface area contributed by atoms with Gasteiger partial charge in [0.25, 0.3) is 0 Å². The van der Waals surface area contributed by atoms with Gasteiger partial charge < -0.3 is 19.9 Å². The van der Waals surface area contributed by atoms with E-state index in [0.717, 1.165) is 37.4 Å². The number of hydrogen-bond acceptors (Lipinski definition) is 4. The summed E-state index contributed by atoms with van der Waals surface area (Å²) < 4.78 is 10.7. The van der Waals surface area contributed by atoms with Crippen LogP contribution in [-0.4, -0.2) is 37.5 Å². The summed E-state index contributed by atoms with van der Waals surface area (Å²) >= 11 is 0. The van der Waals surface area contributed by atoms with Crippen molar-refractivity contribution in [3.8, 4) is 11.5 Å². The van der Waals surface area contributed by atoms with Gasteiger partial charge in [-0.3, -0.25) is 0 Å². The summed E-state index contributed by atoms with van der Waals surface area (Å²) in [5.74, 6) is 1.57. The van der Waals surface area contributed by atoms with Crippen LogP contribution >= 0.6 is 0 Å². The van der Waals surface area contributed by atoms with Crippen molar-refractivity contribution in [2.75, 3.05) is 26.8 Å². The lowest BCUT2D eigenvalue weighted by Gasteiger charge is -2.32. The van der Waals surface area contributed by atoms with Crippen molar-refractivity contribution in [2.24, 2.45) is 0 Å². The van der Waals surface area contributed by atoms with Crippen molar-refractivity contribution in [1.29, 1.82) is 0 Å². The molecule has 2 rings (SSSR count). The van der Waals surface area contributed by atoms with Crippen LogP contribution in [0, 0.1) is 0 Å². The molecule has 0 unspecified atom stereocenters. The van der Waals surface area contributed by atoms with E-state index in [9.17, 15) is 5.11 Å². The molecule has 17 heavy (non-hydrogen) atoms. The second-order valence-electron chi connectivity index (χ2n) is 4.44. The Hall–Kier alpha value is -1.26. The maximum absolute atomic E-state index is 10.2. The van der Waals surface area contributed by atoms with Crippen molar-refractivity contribution in [3.05, 3.63) is 24.3 Å². The molecule has 1 fully saturated rings. The van der Waals surface area contributed by atoms with E-state index >= 15 is 0 Å². The normalized spacial score (nSPS) is 18.7. The van der Waals surface area contributed by atoms with Crippen LogP contribution in [0.2, 0.25) is 0 Å². The molecule has 0 spiro atoms. The molecule has 0 aliphatic carbocycles. The third-order valence-corrected chi connectivity index (χ3v) is 3.10. The Balaban J connectivity index is 1.87. The van der Waals surface area contributed by atoms with E-state index in [0.29, 0.717) is 6.61 Å². The van der Waals surface area contributed by atoms with Crippen molar-refractivity contribution in [3.63, 3.8) is 0 Å². The van der Waals surface area contributed by atoms with Gasteiger partial charge >= 0.3 is 0 Å². The van der Waals surface area contributed by atoms with Crippen molar-refractivity contribution in [2.45, 2.75) is 18.4 Å². The molecular formula is C13H19NO3. The predicted molar refractivity (Wildman–Crippen MR) is 65.5 cm³/mol. The van der Waals surface area contributed by atoms with Crippen molar-refractivity contribution in [1.82, 2.24) is 5.32 Å². The van der Waals surface area contributed by atoms with Gasteiger partial charge in [-0.05, 0) is 50.2 Å². The lowest BCUT2D eigenvalue weighted by molar-refractivity contribution is -0.0286. The number of methoxy groups -OCH3 is 1. The fourth-order valence-corrected chi connectivity index (χ4v) is 1.93. The first kappa shape index (κ1) is 12.2. The number of rotatable bonds is 4. The molecule has 1 aromatic carbocycles. The quantitative estimate of drug-likeness (QED) is 0.826. The van der Waals surface area contributed by atoms with Crippen molar-refractivity contribution >= 4 is 0 Å². The molecule has 1 aliphatic heterocycles. The summed E-state index contributed by atoms with van der Waals surface area (Å²) in [5.41, 5.74) is -0.689. The van der Waals surface area contributed by atoms with E-state index in [2.05, 4.69) is 5.32 Å². The summed E-state index contributed by atoms with van der Waals surface area (Å²) in [7, 11) is 1.63. The van der Waals surface area contributed by atoms with Crippen molar-refractivity contribution < 1.29 is 14.6 Å². The predicted octanol–water partition coefficient (Wildman–Crippen LogP) is 1.19. The molecule has 0 saturated carbocycles. The first-order valence-corrected chi connectivity index (χ1v) is 5.92. The molecular weight excluding hydrogens is 218 g/mol. The van der Waals surface area contributed by atoms with Gasteiger partial charge in [0.2, 0.25) is 0 Å². The Kier molecular flexibility index (Phi) is 3.86. The summed E-state index contributed by atoms with van der Waals surface area (Å²) in [6, 6.07) is 7.40. The monoisotopic (exact) mass is 237 g/mol. The molecule has 1 heterocycles. The van der Waals surface area contributed by atoms with Gasteiger partial charge in [-0.2, -0.15) is 0 Å². The van der Waals surface area contributed by atoms with E-state index in [1.165, 1.54) is 0 Å². The van der Waals surface area contributed by atoms with Crippen LogP contribution in [0.15, 0.2) is 24.3 Å². The first-order chi connectivity index (χ1) is 8.22.